The van der Waals surface area contributed by atoms with Gasteiger partial charge in [-0.15, -0.1) is 0 Å². The zero-order valence-electron chi connectivity index (χ0n) is 16.1. The highest BCUT2D eigenvalue weighted by Gasteiger charge is 2.33. The maximum absolute atomic E-state index is 12.6. The van der Waals surface area contributed by atoms with E-state index in [1.807, 2.05) is 31.2 Å². The Labute approximate surface area is 168 Å². The lowest BCUT2D eigenvalue weighted by Crippen LogP contribution is -2.28. The van der Waals surface area contributed by atoms with Gasteiger partial charge >= 0.3 is 0 Å². The van der Waals surface area contributed by atoms with E-state index in [2.05, 4.69) is 5.32 Å². The third kappa shape index (κ3) is 4.46. The minimum Gasteiger partial charge on any atom is -0.467 e. The number of carbonyl (C=O) groups is 1. The number of benzene rings is 2. The predicted octanol–water partition coefficient (Wildman–Crippen LogP) is 4.05. The van der Waals surface area contributed by atoms with Crippen molar-refractivity contribution in [1.29, 1.82) is 0 Å². The summed E-state index contributed by atoms with van der Waals surface area (Å²) in [4.78, 5) is 23.3. The highest BCUT2D eigenvalue weighted by atomic mass is 16.7. The molecule has 1 saturated carbocycles. The molecule has 29 heavy (non-hydrogen) atoms. The fourth-order valence-electron chi connectivity index (χ4n) is 3.50. The highest BCUT2D eigenvalue weighted by Crippen LogP contribution is 2.41. The van der Waals surface area contributed by atoms with E-state index >= 15 is 0 Å². The first-order chi connectivity index (χ1) is 14.0. The van der Waals surface area contributed by atoms with Crippen molar-refractivity contribution in [2.24, 2.45) is 5.92 Å². The van der Waals surface area contributed by atoms with Gasteiger partial charge in [0.25, 0.3) is 5.69 Å². The first-order valence-electron chi connectivity index (χ1n) is 9.58. The molecule has 2 aromatic carbocycles. The van der Waals surface area contributed by atoms with Crippen molar-refractivity contribution in [2.45, 2.75) is 32.4 Å². The van der Waals surface area contributed by atoms with Crippen molar-refractivity contribution in [3.05, 3.63) is 74.8 Å². The number of non-ortho nitro benzene ring substituents is 1. The maximum atomic E-state index is 12.6. The molecule has 0 aromatic heterocycles. The SMILES string of the molecule is Cc1ccc(C(NC(=O)/C=C/c2cc([N+](=O)[O-])cc3c2OCOC3)C2CC2)cc1. The highest BCUT2D eigenvalue weighted by molar-refractivity contribution is 5.92. The molecule has 2 aromatic rings. The number of rotatable bonds is 6. The molecule has 1 aliphatic heterocycles. The van der Waals surface area contributed by atoms with Gasteiger partial charge < -0.3 is 14.8 Å². The topological polar surface area (TPSA) is 90.7 Å². The van der Waals surface area contributed by atoms with E-state index < -0.39 is 4.92 Å². The molecule has 1 N–H and O–H groups in total. The number of amides is 1. The first-order valence-corrected chi connectivity index (χ1v) is 9.58. The van der Waals surface area contributed by atoms with Gasteiger partial charge in [0.1, 0.15) is 5.75 Å². The molecule has 1 atom stereocenters. The molecule has 0 saturated heterocycles. The van der Waals surface area contributed by atoms with Crippen LogP contribution in [0.4, 0.5) is 5.69 Å². The fraction of sp³-hybridized carbons (Fsp3) is 0.318. The predicted molar refractivity (Wildman–Crippen MR) is 107 cm³/mol. The van der Waals surface area contributed by atoms with Gasteiger partial charge in [-0.3, -0.25) is 14.9 Å². The standard InChI is InChI=1S/C22H22N2O5/c1-14-2-4-15(5-3-14)21(16-6-7-16)23-20(25)9-8-17-10-19(24(26)27)11-18-12-28-13-29-22(17)18/h2-5,8-11,16,21H,6-7,12-13H2,1H3,(H,23,25)/b9-8+. The van der Waals surface area contributed by atoms with Crippen molar-refractivity contribution in [1.82, 2.24) is 5.32 Å². The van der Waals surface area contributed by atoms with E-state index in [1.54, 1.807) is 6.08 Å². The van der Waals surface area contributed by atoms with Crippen LogP contribution in [0.1, 0.15) is 41.1 Å². The molecule has 1 unspecified atom stereocenters. The number of hydrogen-bond donors (Lipinski definition) is 1. The number of ether oxygens (including phenoxy) is 2. The van der Waals surface area contributed by atoms with Crippen LogP contribution in [-0.2, 0) is 16.1 Å². The monoisotopic (exact) mass is 394 g/mol. The van der Waals surface area contributed by atoms with Crippen molar-refractivity contribution in [2.75, 3.05) is 6.79 Å². The molecular formula is C22H22N2O5. The first kappa shape index (κ1) is 19.1. The Balaban J connectivity index is 1.54. The van der Waals surface area contributed by atoms with Crippen LogP contribution in [0.3, 0.4) is 0 Å². The average molecular weight is 394 g/mol. The number of nitro benzene ring substituents is 1. The van der Waals surface area contributed by atoms with Crippen LogP contribution in [0.2, 0.25) is 0 Å². The van der Waals surface area contributed by atoms with Crippen LogP contribution in [-0.4, -0.2) is 17.6 Å². The quantitative estimate of drug-likeness (QED) is 0.453. The van der Waals surface area contributed by atoms with E-state index in [1.165, 1.54) is 23.8 Å². The van der Waals surface area contributed by atoms with E-state index in [9.17, 15) is 14.9 Å². The molecule has 0 spiro atoms. The summed E-state index contributed by atoms with van der Waals surface area (Å²) in [6.07, 6.45) is 5.15. The Kier molecular flexibility index (Phi) is 5.31. The molecule has 7 nitrogen and oxygen atoms in total. The van der Waals surface area contributed by atoms with Gasteiger partial charge in [-0.1, -0.05) is 29.8 Å². The Morgan fingerprint density at radius 1 is 1.28 bits per heavy atom. The second kappa shape index (κ2) is 8.05. The van der Waals surface area contributed by atoms with Gasteiger partial charge in [-0.2, -0.15) is 0 Å². The number of fused-ring (bicyclic) bond motifs is 1. The second-order valence-corrected chi connectivity index (χ2v) is 7.46. The van der Waals surface area contributed by atoms with Gasteiger partial charge in [0.05, 0.1) is 17.6 Å². The van der Waals surface area contributed by atoms with Gasteiger partial charge in [-0.25, -0.2) is 0 Å². The summed E-state index contributed by atoms with van der Waals surface area (Å²) in [5.74, 6) is 0.721. The van der Waals surface area contributed by atoms with Crippen LogP contribution >= 0.6 is 0 Å². The lowest BCUT2D eigenvalue weighted by atomic mass is 10.0. The number of hydrogen-bond acceptors (Lipinski definition) is 5. The maximum Gasteiger partial charge on any atom is 0.270 e. The van der Waals surface area contributed by atoms with Crippen LogP contribution < -0.4 is 10.1 Å². The lowest BCUT2D eigenvalue weighted by molar-refractivity contribution is -0.385. The third-order valence-electron chi connectivity index (χ3n) is 5.18. The minimum absolute atomic E-state index is 0.0311. The zero-order valence-corrected chi connectivity index (χ0v) is 16.1. The van der Waals surface area contributed by atoms with E-state index in [0.29, 0.717) is 22.8 Å². The molecule has 7 heteroatoms. The summed E-state index contributed by atoms with van der Waals surface area (Å²) in [6.45, 7) is 2.35. The molecule has 1 heterocycles. The molecular weight excluding hydrogens is 372 g/mol. The molecule has 1 amide bonds. The molecule has 1 aliphatic carbocycles. The van der Waals surface area contributed by atoms with E-state index in [-0.39, 0.29) is 31.0 Å². The number of aryl methyl sites for hydroxylation is 1. The summed E-state index contributed by atoms with van der Waals surface area (Å²) in [6, 6.07) is 11.0. The molecule has 0 bridgehead atoms. The van der Waals surface area contributed by atoms with Crippen LogP contribution in [0.25, 0.3) is 6.08 Å². The zero-order chi connectivity index (χ0) is 20.4. The van der Waals surface area contributed by atoms with Gasteiger partial charge in [0.2, 0.25) is 5.91 Å². The van der Waals surface area contributed by atoms with E-state index in [4.69, 9.17) is 9.47 Å². The van der Waals surface area contributed by atoms with Crippen molar-refractivity contribution in [3.63, 3.8) is 0 Å². The van der Waals surface area contributed by atoms with Crippen molar-refractivity contribution >= 4 is 17.7 Å². The Hall–Kier alpha value is -3.19. The molecule has 4 rings (SSSR count). The van der Waals surface area contributed by atoms with Crippen LogP contribution in [0.5, 0.6) is 5.75 Å². The second-order valence-electron chi connectivity index (χ2n) is 7.46. The average Bonchev–Trinajstić information content (AvgIpc) is 3.56. The summed E-state index contributed by atoms with van der Waals surface area (Å²) in [7, 11) is 0. The molecule has 2 aliphatic rings. The van der Waals surface area contributed by atoms with Crippen LogP contribution in [0.15, 0.2) is 42.5 Å². The summed E-state index contributed by atoms with van der Waals surface area (Å²) in [5.41, 5.74) is 3.29. The number of nitrogens with zero attached hydrogens (tertiary/aromatic N) is 1. The summed E-state index contributed by atoms with van der Waals surface area (Å²) < 4.78 is 10.7. The molecule has 0 radical (unpaired) electrons. The van der Waals surface area contributed by atoms with Gasteiger partial charge in [-0.05, 0) is 37.3 Å². The molecule has 150 valence electrons. The van der Waals surface area contributed by atoms with E-state index in [0.717, 1.165) is 18.4 Å². The van der Waals surface area contributed by atoms with Crippen molar-refractivity contribution in [3.8, 4) is 5.75 Å². The lowest BCUT2D eigenvalue weighted by Gasteiger charge is -2.19. The number of carbonyl (C=O) groups excluding carboxylic acids is 1. The summed E-state index contributed by atoms with van der Waals surface area (Å²) >= 11 is 0. The number of nitro groups is 1. The normalized spacial score (nSPS) is 16.7. The Morgan fingerprint density at radius 3 is 2.72 bits per heavy atom. The Bertz CT molecular complexity index is 964. The Morgan fingerprint density at radius 2 is 2.03 bits per heavy atom. The van der Waals surface area contributed by atoms with Crippen LogP contribution in [0, 0.1) is 23.0 Å². The van der Waals surface area contributed by atoms with Gasteiger partial charge in [0.15, 0.2) is 6.79 Å². The van der Waals surface area contributed by atoms with Crippen molar-refractivity contribution < 1.29 is 19.2 Å². The third-order valence-corrected chi connectivity index (χ3v) is 5.18. The summed E-state index contributed by atoms with van der Waals surface area (Å²) in [5, 5.41) is 14.3. The minimum atomic E-state index is -0.465. The number of nitrogens with one attached hydrogen (secondary N) is 1. The molecule has 1 fully saturated rings. The van der Waals surface area contributed by atoms with Gasteiger partial charge in [0, 0.05) is 29.3 Å². The fourth-order valence-corrected chi connectivity index (χ4v) is 3.50. The largest absolute Gasteiger partial charge is 0.467 e. The smallest absolute Gasteiger partial charge is 0.270 e.